The van der Waals surface area contributed by atoms with Crippen LogP contribution in [0.2, 0.25) is 0 Å². The molecule has 7 nitrogen and oxygen atoms in total. The summed E-state index contributed by atoms with van der Waals surface area (Å²) in [5.41, 5.74) is 1.28. The number of carbonyl (C=O) groups is 1. The summed E-state index contributed by atoms with van der Waals surface area (Å²) in [6.07, 6.45) is 1.96. The highest BCUT2D eigenvalue weighted by Gasteiger charge is 2.26. The molecule has 1 aromatic heterocycles. The van der Waals surface area contributed by atoms with E-state index in [4.69, 9.17) is 4.52 Å². The highest BCUT2D eigenvalue weighted by atomic mass is 16.5. The number of aromatic nitrogens is 2. The summed E-state index contributed by atoms with van der Waals surface area (Å²) in [5.74, 6) is 1.00. The van der Waals surface area contributed by atoms with E-state index in [1.165, 1.54) is 5.56 Å². The number of carbonyl (C=O) groups excluding carboxylic acids is 1. The van der Waals surface area contributed by atoms with Crippen LogP contribution in [0.1, 0.15) is 24.3 Å². The predicted octanol–water partition coefficient (Wildman–Crippen LogP) is 1.66. The number of anilines is 1. The molecule has 2 heterocycles. The fraction of sp³-hybridized carbons (Fsp3) is 0.500. The Morgan fingerprint density at radius 2 is 2.16 bits per heavy atom. The average molecular weight is 343 g/mol. The topological polar surface area (TPSA) is 74.5 Å². The summed E-state index contributed by atoms with van der Waals surface area (Å²) in [6, 6.07) is 10.4. The lowest BCUT2D eigenvalue weighted by atomic mass is 9.96. The number of benzene rings is 1. The second-order valence-corrected chi connectivity index (χ2v) is 6.66. The maximum absolute atomic E-state index is 12.5. The number of hydrogen-bond donors (Lipinski definition) is 1. The summed E-state index contributed by atoms with van der Waals surface area (Å²) in [4.78, 5) is 20.8. The summed E-state index contributed by atoms with van der Waals surface area (Å²) in [7, 11) is 3.69. The predicted molar refractivity (Wildman–Crippen MR) is 94.9 cm³/mol. The molecular weight excluding hydrogens is 318 g/mol. The lowest BCUT2D eigenvalue weighted by Crippen LogP contribution is -2.42. The first-order valence-corrected chi connectivity index (χ1v) is 8.65. The maximum Gasteiger partial charge on any atom is 0.265 e. The Bertz CT molecular complexity index is 686. The van der Waals surface area contributed by atoms with E-state index >= 15 is 0 Å². The van der Waals surface area contributed by atoms with Gasteiger partial charge >= 0.3 is 0 Å². The van der Waals surface area contributed by atoms with Crippen LogP contribution < -0.4 is 10.2 Å². The summed E-state index contributed by atoms with van der Waals surface area (Å²) < 4.78 is 5.14. The van der Waals surface area contributed by atoms with Crippen molar-refractivity contribution in [3.05, 3.63) is 41.8 Å². The molecule has 0 bridgehead atoms. The van der Waals surface area contributed by atoms with Crippen molar-refractivity contribution in [2.45, 2.75) is 25.9 Å². The van der Waals surface area contributed by atoms with Gasteiger partial charge in [-0.15, -0.1) is 0 Å². The molecule has 134 valence electrons. The molecule has 1 aliphatic heterocycles. The highest BCUT2D eigenvalue weighted by Crippen LogP contribution is 2.19. The largest absolute Gasteiger partial charge is 0.347 e. The second kappa shape index (κ2) is 8.11. The van der Waals surface area contributed by atoms with Gasteiger partial charge in [-0.3, -0.25) is 9.69 Å². The molecule has 1 amide bonds. The van der Waals surface area contributed by atoms with Crippen LogP contribution in [0.4, 0.5) is 5.95 Å². The minimum absolute atomic E-state index is 0.00806. The molecule has 2 aromatic rings. The van der Waals surface area contributed by atoms with Crippen LogP contribution in [0, 0.1) is 5.92 Å². The quantitative estimate of drug-likeness (QED) is 0.860. The third kappa shape index (κ3) is 4.79. The third-order valence-electron chi connectivity index (χ3n) is 4.40. The zero-order valence-corrected chi connectivity index (χ0v) is 14.8. The Labute approximate surface area is 148 Å². The first-order chi connectivity index (χ1) is 12.1. The number of nitrogens with one attached hydrogen (secondary N) is 1. The van der Waals surface area contributed by atoms with Crippen molar-refractivity contribution in [2.75, 3.05) is 32.1 Å². The van der Waals surface area contributed by atoms with Gasteiger partial charge in [0.2, 0.25) is 11.8 Å². The molecule has 1 aliphatic rings. The number of likely N-dealkylation sites (tertiary alicyclic amines) is 1. The zero-order chi connectivity index (χ0) is 17.6. The molecule has 1 aromatic carbocycles. The molecule has 1 atom stereocenters. The van der Waals surface area contributed by atoms with Gasteiger partial charge in [0, 0.05) is 27.2 Å². The smallest absolute Gasteiger partial charge is 0.265 e. The molecule has 7 heteroatoms. The Balaban J connectivity index is 1.49. The van der Waals surface area contributed by atoms with Crippen molar-refractivity contribution in [2.24, 2.45) is 5.92 Å². The minimum atomic E-state index is 0.00806. The Morgan fingerprint density at radius 1 is 1.36 bits per heavy atom. The minimum Gasteiger partial charge on any atom is -0.347 e. The SMILES string of the molecule is CN(C)c1noc(CNC(=O)[C@@H]2CCCN(Cc3ccccc3)C2)n1. The van der Waals surface area contributed by atoms with Crippen LogP contribution in [0.5, 0.6) is 0 Å². The molecule has 1 fully saturated rings. The van der Waals surface area contributed by atoms with Gasteiger partial charge < -0.3 is 14.7 Å². The van der Waals surface area contributed by atoms with E-state index in [1.807, 2.05) is 20.2 Å². The molecule has 0 saturated carbocycles. The van der Waals surface area contributed by atoms with E-state index in [-0.39, 0.29) is 18.4 Å². The van der Waals surface area contributed by atoms with E-state index in [0.29, 0.717) is 11.8 Å². The molecule has 1 saturated heterocycles. The van der Waals surface area contributed by atoms with Gasteiger partial charge in [0.25, 0.3) is 5.95 Å². The molecule has 0 spiro atoms. The summed E-state index contributed by atoms with van der Waals surface area (Å²) >= 11 is 0. The van der Waals surface area contributed by atoms with Crippen LogP contribution >= 0.6 is 0 Å². The fourth-order valence-corrected chi connectivity index (χ4v) is 3.06. The van der Waals surface area contributed by atoms with Crippen molar-refractivity contribution in [3.8, 4) is 0 Å². The van der Waals surface area contributed by atoms with Gasteiger partial charge in [-0.25, -0.2) is 0 Å². The van der Waals surface area contributed by atoms with E-state index in [2.05, 4.69) is 44.6 Å². The normalized spacial score (nSPS) is 18.1. The van der Waals surface area contributed by atoms with Gasteiger partial charge in [0.05, 0.1) is 12.5 Å². The van der Waals surface area contributed by atoms with Crippen LogP contribution in [-0.2, 0) is 17.9 Å². The van der Waals surface area contributed by atoms with E-state index in [9.17, 15) is 4.79 Å². The van der Waals surface area contributed by atoms with E-state index in [0.717, 1.165) is 32.5 Å². The van der Waals surface area contributed by atoms with Crippen LogP contribution in [-0.4, -0.2) is 48.1 Å². The van der Waals surface area contributed by atoms with Crippen LogP contribution in [0.25, 0.3) is 0 Å². The van der Waals surface area contributed by atoms with Gasteiger partial charge in [-0.1, -0.05) is 30.3 Å². The van der Waals surface area contributed by atoms with Gasteiger partial charge in [0.1, 0.15) is 0 Å². The average Bonchev–Trinajstić information content (AvgIpc) is 3.10. The first-order valence-electron chi connectivity index (χ1n) is 8.65. The monoisotopic (exact) mass is 343 g/mol. The summed E-state index contributed by atoms with van der Waals surface area (Å²) in [5, 5.41) is 6.77. The fourth-order valence-electron chi connectivity index (χ4n) is 3.06. The lowest BCUT2D eigenvalue weighted by molar-refractivity contribution is -0.127. The van der Waals surface area contributed by atoms with Crippen molar-refractivity contribution < 1.29 is 9.32 Å². The first kappa shape index (κ1) is 17.4. The molecule has 1 N–H and O–H groups in total. The van der Waals surface area contributed by atoms with Gasteiger partial charge in [-0.2, -0.15) is 4.98 Å². The van der Waals surface area contributed by atoms with Crippen molar-refractivity contribution in [1.82, 2.24) is 20.4 Å². The molecule has 0 radical (unpaired) electrons. The molecular formula is C18H25N5O2. The second-order valence-electron chi connectivity index (χ2n) is 6.66. The highest BCUT2D eigenvalue weighted by molar-refractivity contribution is 5.78. The maximum atomic E-state index is 12.5. The standard InChI is InChI=1S/C18H25N5O2/c1-22(2)18-20-16(25-21-18)11-19-17(24)15-9-6-10-23(13-15)12-14-7-4-3-5-8-14/h3-5,7-8,15H,6,9-13H2,1-2H3,(H,19,24)/t15-/m1/s1. The Morgan fingerprint density at radius 3 is 2.88 bits per heavy atom. The van der Waals surface area contributed by atoms with Gasteiger partial charge in [-0.05, 0) is 30.1 Å². The molecule has 3 rings (SSSR count). The number of nitrogens with zero attached hydrogens (tertiary/aromatic N) is 4. The Kier molecular flexibility index (Phi) is 5.65. The Hall–Kier alpha value is -2.41. The number of amides is 1. The van der Waals surface area contributed by atoms with E-state index < -0.39 is 0 Å². The third-order valence-corrected chi connectivity index (χ3v) is 4.40. The summed E-state index contributed by atoms with van der Waals surface area (Å²) in [6.45, 7) is 2.98. The zero-order valence-electron chi connectivity index (χ0n) is 14.8. The molecule has 25 heavy (non-hydrogen) atoms. The van der Waals surface area contributed by atoms with Crippen molar-refractivity contribution in [3.63, 3.8) is 0 Å². The number of rotatable bonds is 6. The number of piperidine rings is 1. The van der Waals surface area contributed by atoms with E-state index in [1.54, 1.807) is 4.90 Å². The molecule has 0 aliphatic carbocycles. The van der Waals surface area contributed by atoms with Crippen molar-refractivity contribution >= 4 is 11.9 Å². The van der Waals surface area contributed by atoms with Crippen molar-refractivity contribution in [1.29, 1.82) is 0 Å². The van der Waals surface area contributed by atoms with Gasteiger partial charge in [0.15, 0.2) is 0 Å². The van der Waals surface area contributed by atoms with Crippen LogP contribution in [0.3, 0.4) is 0 Å². The van der Waals surface area contributed by atoms with Crippen LogP contribution in [0.15, 0.2) is 34.9 Å². The lowest BCUT2D eigenvalue weighted by Gasteiger charge is -2.31. The number of hydrogen-bond acceptors (Lipinski definition) is 6. The molecule has 0 unspecified atom stereocenters.